The fourth-order valence-electron chi connectivity index (χ4n) is 5.50. The number of carbonyl (C=O) groups excluding carboxylic acids is 2. The largest absolute Gasteiger partial charge is 0.279 e. The number of amides is 1. The summed E-state index contributed by atoms with van der Waals surface area (Å²) in [7, 11) is 0. The minimum atomic E-state index is -0.472. The van der Waals surface area contributed by atoms with E-state index in [1.165, 1.54) is 4.57 Å². The summed E-state index contributed by atoms with van der Waals surface area (Å²) in [5.74, 6) is -0.792. The second kappa shape index (κ2) is 12.4. The molecule has 0 aliphatic rings. The van der Waals surface area contributed by atoms with Crippen molar-refractivity contribution in [2.75, 3.05) is 0 Å². The molecule has 0 spiro atoms. The highest BCUT2D eigenvalue weighted by atomic mass is 79.9. The number of para-hydroxylation sites is 2. The van der Waals surface area contributed by atoms with E-state index in [9.17, 15) is 9.59 Å². The van der Waals surface area contributed by atoms with Crippen LogP contribution < -0.4 is 5.49 Å². The number of carbonyl (C=O) groups is 2. The first-order valence-electron chi connectivity index (χ1n) is 14.5. The van der Waals surface area contributed by atoms with Gasteiger partial charge in [-0.1, -0.05) is 98.6 Å². The lowest BCUT2D eigenvalue weighted by atomic mass is 10.0. The molecule has 0 unspecified atom stereocenters. The zero-order valence-electron chi connectivity index (χ0n) is 24.5. The van der Waals surface area contributed by atoms with Crippen LogP contribution in [0.5, 0.6) is 0 Å². The monoisotopic (exact) mass is 726 g/mol. The summed E-state index contributed by atoms with van der Waals surface area (Å²) in [6.45, 7) is 1.84. The van der Waals surface area contributed by atoms with E-state index in [1.54, 1.807) is 24.4 Å². The molecule has 0 radical (unpaired) electrons. The normalized spacial score (nSPS) is 11.7. The molecule has 7 rings (SSSR count). The maximum absolute atomic E-state index is 14.4. The maximum Gasteiger partial charge on any atom is 0.279 e. The lowest BCUT2D eigenvalue weighted by Gasteiger charge is -2.13. The summed E-state index contributed by atoms with van der Waals surface area (Å²) in [6, 6.07) is 37.8. The molecule has 0 aliphatic heterocycles. The molecule has 0 N–H and O–H groups in total. The molecule has 0 saturated carbocycles. The molecule has 0 atom stereocenters. The highest BCUT2D eigenvalue weighted by Gasteiger charge is 2.19. The topological polar surface area (TPSA) is 77.2 Å². The number of hydrogen-bond acceptors (Lipinski definition) is 4. The molecule has 3 aromatic heterocycles. The summed E-state index contributed by atoms with van der Waals surface area (Å²) in [5, 5.41) is 1.39. The third-order valence-electron chi connectivity index (χ3n) is 7.72. The Morgan fingerprint density at radius 1 is 0.630 bits per heavy atom. The van der Waals surface area contributed by atoms with Gasteiger partial charge in [0, 0.05) is 37.0 Å². The van der Waals surface area contributed by atoms with Gasteiger partial charge in [0.1, 0.15) is 5.49 Å². The first kappa shape index (κ1) is 29.6. The van der Waals surface area contributed by atoms with Gasteiger partial charge in [0.15, 0.2) is 0 Å². The number of aryl methyl sites for hydroxylation is 1. The predicted molar refractivity (Wildman–Crippen MR) is 189 cm³/mol. The fourth-order valence-corrected chi connectivity index (χ4v) is 6.30. The van der Waals surface area contributed by atoms with Crippen LogP contribution in [0, 0.1) is 6.92 Å². The molecule has 0 bridgehead atoms. The van der Waals surface area contributed by atoms with Gasteiger partial charge >= 0.3 is 0 Å². The van der Waals surface area contributed by atoms with Gasteiger partial charge in [-0.3, -0.25) is 14.2 Å². The van der Waals surface area contributed by atoms with Crippen molar-refractivity contribution in [3.63, 3.8) is 0 Å². The molecule has 7 aromatic rings. The van der Waals surface area contributed by atoms with E-state index in [0.717, 1.165) is 20.1 Å². The van der Waals surface area contributed by atoms with Gasteiger partial charge < -0.3 is 0 Å². The molecule has 0 fully saturated rings. The third kappa shape index (κ3) is 5.73. The van der Waals surface area contributed by atoms with Crippen molar-refractivity contribution < 1.29 is 9.59 Å². The van der Waals surface area contributed by atoms with Crippen LogP contribution >= 0.6 is 31.9 Å². The Bertz CT molecular complexity index is 2420. The molecule has 46 heavy (non-hydrogen) atoms. The number of nitrogens with zero attached hydrogens (tertiary/aromatic N) is 4. The van der Waals surface area contributed by atoms with E-state index >= 15 is 0 Å². The van der Waals surface area contributed by atoms with Gasteiger partial charge in [0.05, 0.1) is 33.5 Å². The highest BCUT2D eigenvalue weighted by Crippen LogP contribution is 2.29. The first-order valence-corrected chi connectivity index (χ1v) is 16.1. The van der Waals surface area contributed by atoms with Crippen LogP contribution in [0.25, 0.3) is 44.3 Å². The van der Waals surface area contributed by atoms with Crippen molar-refractivity contribution in [2.24, 2.45) is 4.99 Å². The maximum atomic E-state index is 14.4. The lowest BCUT2D eigenvalue weighted by molar-refractivity contribution is 0.0954. The number of benzene rings is 4. The zero-order chi connectivity index (χ0) is 31.8. The SMILES string of the molecule is Cc1cccn(C(=O)c2cc(-c3cccc(Br)c3)nc3ccccc23)c1=NC(=O)c1cc(-c2cccc(Br)c2)nc2ccccc12. The molecule has 4 aromatic carbocycles. The molecular weight excluding hydrogens is 704 g/mol. The number of aromatic nitrogens is 3. The van der Waals surface area contributed by atoms with Crippen LogP contribution in [-0.2, 0) is 0 Å². The number of pyridine rings is 3. The summed E-state index contributed by atoms with van der Waals surface area (Å²) in [5.41, 5.74) is 6.19. The Kier molecular flexibility index (Phi) is 7.98. The molecule has 3 heterocycles. The lowest BCUT2D eigenvalue weighted by Crippen LogP contribution is -2.30. The minimum Gasteiger partial charge on any atom is -0.268 e. The summed E-state index contributed by atoms with van der Waals surface area (Å²) in [6.07, 6.45) is 1.65. The molecule has 1 amide bonds. The van der Waals surface area contributed by atoms with Crippen LogP contribution in [0.2, 0.25) is 0 Å². The van der Waals surface area contributed by atoms with Gasteiger partial charge in [-0.05, 0) is 67.1 Å². The Balaban J connectivity index is 1.39. The fraction of sp³-hybridized carbons (Fsp3) is 0.0263. The van der Waals surface area contributed by atoms with Crippen molar-refractivity contribution in [2.45, 2.75) is 6.92 Å². The number of hydrogen-bond donors (Lipinski definition) is 0. The van der Waals surface area contributed by atoms with Crippen LogP contribution in [0.1, 0.15) is 26.3 Å². The molecule has 222 valence electrons. The number of fused-ring (bicyclic) bond motifs is 2. The Morgan fingerprint density at radius 2 is 1.17 bits per heavy atom. The predicted octanol–water partition coefficient (Wildman–Crippen LogP) is 9.18. The Hall–Kier alpha value is -5.05. The van der Waals surface area contributed by atoms with E-state index in [0.29, 0.717) is 49.9 Å². The molecular formula is C38H24Br2N4O2. The Morgan fingerprint density at radius 3 is 1.76 bits per heavy atom. The van der Waals surface area contributed by atoms with Crippen LogP contribution in [0.15, 0.2) is 141 Å². The van der Waals surface area contributed by atoms with E-state index in [4.69, 9.17) is 9.97 Å². The van der Waals surface area contributed by atoms with Crippen molar-refractivity contribution >= 4 is 65.5 Å². The van der Waals surface area contributed by atoms with Gasteiger partial charge in [-0.25, -0.2) is 9.97 Å². The van der Waals surface area contributed by atoms with E-state index < -0.39 is 5.91 Å². The molecule has 0 aliphatic carbocycles. The second-order valence-corrected chi connectivity index (χ2v) is 12.6. The van der Waals surface area contributed by atoms with Crippen LogP contribution in [-0.4, -0.2) is 26.3 Å². The highest BCUT2D eigenvalue weighted by molar-refractivity contribution is 9.10. The van der Waals surface area contributed by atoms with Gasteiger partial charge in [0.25, 0.3) is 11.8 Å². The standard InChI is InChI=1S/C38H24Br2N4O2/c1-23-9-8-18-44(38(46)31-22-35(25-11-7-13-27(40)20-25)42-33-17-5-3-15-29(31)33)36(23)43-37(45)30-21-34(24-10-6-12-26(39)19-24)41-32-16-4-2-14-28(30)32/h2-22H,1H3. The zero-order valence-corrected chi connectivity index (χ0v) is 27.7. The van der Waals surface area contributed by atoms with E-state index in [1.807, 2.05) is 110 Å². The Labute approximate surface area is 281 Å². The number of halogens is 2. The van der Waals surface area contributed by atoms with Crippen molar-refractivity contribution in [1.29, 1.82) is 0 Å². The van der Waals surface area contributed by atoms with Gasteiger partial charge in [-0.15, -0.1) is 0 Å². The van der Waals surface area contributed by atoms with E-state index in [-0.39, 0.29) is 11.4 Å². The molecule has 8 heteroatoms. The van der Waals surface area contributed by atoms with Crippen LogP contribution in [0.4, 0.5) is 0 Å². The average Bonchev–Trinajstić information content (AvgIpc) is 3.07. The molecule has 0 saturated heterocycles. The van der Waals surface area contributed by atoms with Crippen LogP contribution in [0.3, 0.4) is 0 Å². The number of rotatable bonds is 4. The summed E-state index contributed by atoms with van der Waals surface area (Å²) >= 11 is 7.07. The van der Waals surface area contributed by atoms with Gasteiger partial charge in [-0.2, -0.15) is 4.99 Å². The summed E-state index contributed by atoms with van der Waals surface area (Å²) in [4.78, 5) is 42.8. The van der Waals surface area contributed by atoms with Crippen molar-refractivity contribution in [3.05, 3.63) is 159 Å². The van der Waals surface area contributed by atoms with Crippen molar-refractivity contribution in [3.8, 4) is 22.5 Å². The van der Waals surface area contributed by atoms with Crippen molar-refractivity contribution in [1.82, 2.24) is 14.5 Å². The van der Waals surface area contributed by atoms with Gasteiger partial charge in [0.2, 0.25) is 0 Å². The summed E-state index contributed by atoms with van der Waals surface area (Å²) < 4.78 is 3.26. The second-order valence-electron chi connectivity index (χ2n) is 10.8. The quantitative estimate of drug-likeness (QED) is 0.181. The molecule has 6 nitrogen and oxygen atoms in total. The smallest absolute Gasteiger partial charge is 0.268 e. The minimum absolute atomic E-state index is 0.257. The average molecular weight is 728 g/mol. The van der Waals surface area contributed by atoms with E-state index in [2.05, 4.69) is 36.9 Å². The third-order valence-corrected chi connectivity index (χ3v) is 8.71. The first-order chi connectivity index (χ1) is 22.4.